The Hall–Kier alpha value is -3.26. The van der Waals surface area contributed by atoms with Crippen LogP contribution in [0.1, 0.15) is 22.1 Å². The summed E-state index contributed by atoms with van der Waals surface area (Å²) in [6, 6.07) is 10.3. The number of hydrogen-bond acceptors (Lipinski definition) is 7. The smallest absolute Gasteiger partial charge is 0.337 e. The van der Waals surface area contributed by atoms with Gasteiger partial charge in [0.05, 0.1) is 31.4 Å². The number of hydrogen-bond donors (Lipinski definition) is 1. The zero-order chi connectivity index (χ0) is 18.7. The van der Waals surface area contributed by atoms with E-state index in [1.807, 2.05) is 19.1 Å². The van der Waals surface area contributed by atoms with Gasteiger partial charge in [0.2, 0.25) is 0 Å². The van der Waals surface area contributed by atoms with Gasteiger partial charge in [-0.2, -0.15) is 0 Å². The molecule has 1 unspecified atom stereocenters. The van der Waals surface area contributed by atoms with E-state index in [0.29, 0.717) is 5.57 Å². The molecular weight excluding hydrogens is 366 g/mol. The number of benzene rings is 2. The van der Waals surface area contributed by atoms with Crippen LogP contribution < -0.4 is 5.32 Å². The summed E-state index contributed by atoms with van der Waals surface area (Å²) in [6.07, 6.45) is 0. The van der Waals surface area contributed by atoms with Crippen molar-refractivity contribution < 1.29 is 14.5 Å². The molecule has 3 heterocycles. The Morgan fingerprint density at radius 1 is 1.26 bits per heavy atom. The summed E-state index contributed by atoms with van der Waals surface area (Å²) in [7, 11) is 0. The van der Waals surface area contributed by atoms with Crippen molar-refractivity contribution in [3.63, 3.8) is 0 Å². The lowest BCUT2D eigenvalue weighted by Gasteiger charge is -2.27. The number of nitro groups is 1. The highest BCUT2D eigenvalue weighted by molar-refractivity contribution is 7.18. The van der Waals surface area contributed by atoms with Gasteiger partial charge in [-0.3, -0.25) is 10.1 Å². The van der Waals surface area contributed by atoms with Crippen molar-refractivity contribution in [3.05, 3.63) is 73.9 Å². The lowest BCUT2D eigenvalue weighted by molar-refractivity contribution is -0.384. The number of thiazole rings is 1. The first-order valence-electron chi connectivity index (χ1n) is 8.34. The van der Waals surface area contributed by atoms with Crippen LogP contribution in [0.15, 0.2) is 47.7 Å². The van der Waals surface area contributed by atoms with E-state index in [1.54, 1.807) is 23.5 Å². The molecule has 1 aromatic heterocycles. The average Bonchev–Trinajstić information content (AvgIpc) is 3.22. The third kappa shape index (κ3) is 2.33. The minimum atomic E-state index is -0.434. The molecular formula is C19H13N3O4S. The summed E-state index contributed by atoms with van der Waals surface area (Å²) in [4.78, 5) is 27.7. The Morgan fingerprint density at radius 3 is 2.78 bits per heavy atom. The molecule has 2 aliphatic heterocycles. The number of rotatable bonds is 2. The van der Waals surface area contributed by atoms with Gasteiger partial charge in [-0.05, 0) is 24.6 Å². The van der Waals surface area contributed by atoms with Crippen molar-refractivity contribution in [1.29, 1.82) is 0 Å². The van der Waals surface area contributed by atoms with Crippen LogP contribution in [0.25, 0.3) is 10.2 Å². The molecule has 8 heteroatoms. The van der Waals surface area contributed by atoms with Crippen LogP contribution in [0.3, 0.4) is 0 Å². The molecule has 0 aliphatic carbocycles. The van der Waals surface area contributed by atoms with Gasteiger partial charge in [0.15, 0.2) is 0 Å². The molecule has 5 rings (SSSR count). The fourth-order valence-corrected chi connectivity index (χ4v) is 4.61. The maximum absolute atomic E-state index is 12.5. The van der Waals surface area contributed by atoms with E-state index in [-0.39, 0.29) is 24.2 Å². The van der Waals surface area contributed by atoms with E-state index >= 15 is 0 Å². The maximum atomic E-state index is 12.5. The second kappa shape index (κ2) is 5.62. The summed E-state index contributed by atoms with van der Waals surface area (Å²) >= 11 is 1.59. The molecule has 7 nitrogen and oxygen atoms in total. The van der Waals surface area contributed by atoms with Gasteiger partial charge < -0.3 is 10.1 Å². The van der Waals surface area contributed by atoms with E-state index in [0.717, 1.165) is 37.7 Å². The molecule has 134 valence electrons. The van der Waals surface area contributed by atoms with Gasteiger partial charge in [-0.25, -0.2) is 9.78 Å². The number of nitrogens with one attached hydrogen (secondary N) is 1. The molecule has 0 radical (unpaired) electrons. The van der Waals surface area contributed by atoms with Crippen LogP contribution in [0, 0.1) is 17.0 Å². The minimum Gasteiger partial charge on any atom is -0.456 e. The largest absolute Gasteiger partial charge is 0.456 e. The van der Waals surface area contributed by atoms with Gasteiger partial charge in [0.1, 0.15) is 6.61 Å². The van der Waals surface area contributed by atoms with E-state index in [4.69, 9.17) is 4.74 Å². The predicted octanol–water partition coefficient (Wildman–Crippen LogP) is 3.88. The molecule has 0 fully saturated rings. The minimum absolute atomic E-state index is 0.0128. The van der Waals surface area contributed by atoms with Crippen molar-refractivity contribution in [2.24, 2.45) is 0 Å². The van der Waals surface area contributed by atoms with Crippen LogP contribution >= 0.6 is 11.3 Å². The highest BCUT2D eigenvalue weighted by Crippen LogP contribution is 2.47. The Bertz CT molecular complexity index is 1160. The van der Waals surface area contributed by atoms with Gasteiger partial charge in [-0.1, -0.05) is 12.1 Å². The lowest BCUT2D eigenvalue weighted by Crippen LogP contribution is -2.20. The zero-order valence-corrected chi connectivity index (χ0v) is 15.0. The summed E-state index contributed by atoms with van der Waals surface area (Å²) in [5, 5.41) is 15.3. The van der Waals surface area contributed by atoms with Crippen molar-refractivity contribution in [3.8, 4) is 0 Å². The zero-order valence-electron chi connectivity index (χ0n) is 14.2. The van der Waals surface area contributed by atoms with Crippen LogP contribution in [0.2, 0.25) is 0 Å². The Kier molecular flexibility index (Phi) is 3.32. The number of esters is 1. The number of non-ortho nitro benzene ring substituents is 1. The van der Waals surface area contributed by atoms with Crippen LogP contribution in [-0.2, 0) is 9.53 Å². The average molecular weight is 379 g/mol. The first kappa shape index (κ1) is 16.0. The van der Waals surface area contributed by atoms with Crippen LogP contribution in [0.4, 0.5) is 11.4 Å². The summed E-state index contributed by atoms with van der Waals surface area (Å²) in [6.45, 7) is 2.15. The Morgan fingerprint density at radius 2 is 2.04 bits per heavy atom. The third-order valence-electron chi connectivity index (χ3n) is 4.90. The van der Waals surface area contributed by atoms with E-state index in [1.165, 1.54) is 12.1 Å². The van der Waals surface area contributed by atoms with Gasteiger partial charge in [-0.15, -0.1) is 11.3 Å². The van der Waals surface area contributed by atoms with E-state index in [9.17, 15) is 14.9 Å². The molecule has 3 aromatic rings. The number of aryl methyl sites for hydroxylation is 1. The number of nitrogens with zero attached hydrogens (tertiary/aromatic N) is 2. The molecule has 0 saturated carbocycles. The lowest BCUT2D eigenvalue weighted by atomic mass is 9.80. The summed E-state index contributed by atoms with van der Waals surface area (Å²) in [5.74, 6) is -0.743. The molecule has 2 aromatic carbocycles. The highest BCUT2D eigenvalue weighted by Gasteiger charge is 2.39. The first-order chi connectivity index (χ1) is 13.0. The number of carbonyl (C=O) groups excluding carboxylic acids is 1. The second-order valence-corrected chi connectivity index (χ2v) is 7.72. The SMILES string of the molecule is Cc1nc2c3c(ccc2s1)NC1=C(C(=O)OC1)C3c1ccc([N+](=O)[O-])cc1. The highest BCUT2D eigenvalue weighted by atomic mass is 32.1. The Labute approximate surface area is 157 Å². The molecule has 0 amide bonds. The van der Waals surface area contributed by atoms with Crippen molar-refractivity contribution in [2.75, 3.05) is 11.9 Å². The first-order valence-corrected chi connectivity index (χ1v) is 9.16. The normalized spacial score (nSPS) is 18.1. The number of carbonyl (C=O) groups is 1. The molecule has 1 N–H and O–H groups in total. The molecule has 0 bridgehead atoms. The molecule has 27 heavy (non-hydrogen) atoms. The summed E-state index contributed by atoms with van der Waals surface area (Å²) < 4.78 is 6.30. The van der Waals surface area contributed by atoms with Gasteiger partial charge >= 0.3 is 5.97 Å². The maximum Gasteiger partial charge on any atom is 0.337 e. The van der Waals surface area contributed by atoms with E-state index < -0.39 is 4.92 Å². The number of fused-ring (bicyclic) bond motifs is 3. The standard InChI is InChI=1S/C19H13N3O4S/c1-9-20-18-14(27-9)7-6-12-16(18)15(17-13(21-12)8-26-19(17)23)10-2-4-11(5-3-10)22(24)25/h2-7,15,21H,8H2,1H3. The van der Waals surface area contributed by atoms with Crippen LogP contribution in [-0.4, -0.2) is 22.5 Å². The van der Waals surface area contributed by atoms with E-state index in [2.05, 4.69) is 10.3 Å². The topological polar surface area (TPSA) is 94.4 Å². The molecule has 2 aliphatic rings. The summed E-state index contributed by atoms with van der Waals surface area (Å²) in [5.41, 5.74) is 4.73. The fourth-order valence-electron chi connectivity index (χ4n) is 3.77. The number of nitro benzene ring substituents is 1. The fraction of sp³-hybridized carbons (Fsp3) is 0.158. The second-order valence-electron chi connectivity index (χ2n) is 6.48. The van der Waals surface area contributed by atoms with Gasteiger partial charge in [0, 0.05) is 29.3 Å². The van der Waals surface area contributed by atoms with Crippen LogP contribution in [0.5, 0.6) is 0 Å². The number of cyclic esters (lactones) is 1. The molecule has 1 atom stereocenters. The molecule has 0 spiro atoms. The molecule has 0 saturated heterocycles. The van der Waals surface area contributed by atoms with Crippen molar-refractivity contribution in [1.82, 2.24) is 4.98 Å². The number of anilines is 1. The number of aromatic nitrogens is 1. The quantitative estimate of drug-likeness (QED) is 0.412. The van der Waals surface area contributed by atoms with Gasteiger partial charge in [0.25, 0.3) is 5.69 Å². The monoisotopic (exact) mass is 379 g/mol. The Balaban J connectivity index is 1.77. The predicted molar refractivity (Wildman–Crippen MR) is 101 cm³/mol. The van der Waals surface area contributed by atoms with Crippen molar-refractivity contribution >= 4 is 38.9 Å². The third-order valence-corrected chi connectivity index (χ3v) is 5.84. The van der Waals surface area contributed by atoms with Crippen molar-refractivity contribution in [2.45, 2.75) is 12.8 Å². The number of ether oxygens (including phenoxy) is 1.